The van der Waals surface area contributed by atoms with Gasteiger partial charge in [0.1, 0.15) is 0 Å². The maximum atomic E-state index is 8.79. The molecule has 0 saturated heterocycles. The van der Waals surface area contributed by atoms with Crippen molar-refractivity contribution < 1.29 is 0 Å². The molecule has 84 valence electrons. The predicted molar refractivity (Wildman–Crippen MR) is 69.4 cm³/mol. The van der Waals surface area contributed by atoms with Crippen molar-refractivity contribution in [3.63, 3.8) is 0 Å². The van der Waals surface area contributed by atoms with Crippen LogP contribution < -0.4 is 5.73 Å². The number of anilines is 1. The summed E-state index contributed by atoms with van der Waals surface area (Å²) in [7, 11) is 0. The molecule has 1 aromatic heterocycles. The van der Waals surface area contributed by atoms with E-state index in [-0.39, 0.29) is 0 Å². The first-order chi connectivity index (χ1) is 8.28. The minimum atomic E-state index is 0.667. The Morgan fingerprint density at radius 3 is 2.88 bits per heavy atom. The summed E-state index contributed by atoms with van der Waals surface area (Å²) < 4.78 is 0. The van der Waals surface area contributed by atoms with Crippen molar-refractivity contribution in [3.8, 4) is 6.07 Å². The molecule has 0 saturated carbocycles. The van der Waals surface area contributed by atoms with E-state index >= 15 is 0 Å². The van der Waals surface area contributed by atoms with Gasteiger partial charge in [0.2, 0.25) is 0 Å². The van der Waals surface area contributed by atoms with Crippen LogP contribution in [0.3, 0.4) is 0 Å². The van der Waals surface area contributed by atoms with Crippen LogP contribution in [0, 0.1) is 11.3 Å². The van der Waals surface area contributed by atoms with Crippen LogP contribution in [0.15, 0.2) is 47.6 Å². The van der Waals surface area contributed by atoms with E-state index in [1.165, 1.54) is 0 Å². The fourth-order valence-electron chi connectivity index (χ4n) is 1.37. The van der Waals surface area contributed by atoms with Gasteiger partial charge in [0.25, 0.3) is 0 Å². The van der Waals surface area contributed by atoms with Gasteiger partial charge in [0.15, 0.2) is 0 Å². The van der Waals surface area contributed by atoms with Gasteiger partial charge in [0, 0.05) is 5.75 Å². The van der Waals surface area contributed by atoms with Gasteiger partial charge < -0.3 is 5.73 Å². The van der Waals surface area contributed by atoms with E-state index in [0.29, 0.717) is 11.3 Å². The molecule has 0 spiro atoms. The van der Waals surface area contributed by atoms with Gasteiger partial charge in [-0.25, -0.2) is 4.98 Å². The smallest absolute Gasteiger partial charge is 0.0991 e. The first-order valence-electron chi connectivity index (χ1n) is 5.11. The van der Waals surface area contributed by atoms with E-state index in [9.17, 15) is 0 Å². The lowest BCUT2D eigenvalue weighted by Crippen LogP contribution is -1.87. The number of hydrogen-bond donors (Lipinski definition) is 1. The Balaban J connectivity index is 2.02. The highest BCUT2D eigenvalue weighted by atomic mass is 32.2. The van der Waals surface area contributed by atoms with Crippen molar-refractivity contribution in [1.29, 1.82) is 5.26 Å². The topological polar surface area (TPSA) is 62.7 Å². The largest absolute Gasteiger partial charge is 0.397 e. The third-order valence-corrected chi connectivity index (χ3v) is 3.22. The Bertz CT molecular complexity index is 543. The molecule has 1 heterocycles. The monoisotopic (exact) mass is 241 g/mol. The van der Waals surface area contributed by atoms with E-state index in [1.807, 2.05) is 30.3 Å². The summed E-state index contributed by atoms with van der Waals surface area (Å²) in [6.45, 7) is 0. The first-order valence-corrected chi connectivity index (χ1v) is 6.10. The van der Waals surface area contributed by atoms with Crippen LogP contribution in [0.4, 0.5) is 5.69 Å². The number of thioether (sulfide) groups is 1. The Hall–Kier alpha value is -1.99. The molecule has 4 heteroatoms. The Morgan fingerprint density at radius 1 is 1.29 bits per heavy atom. The van der Waals surface area contributed by atoms with Crippen molar-refractivity contribution in [2.75, 3.05) is 5.73 Å². The molecule has 2 aromatic rings. The molecule has 2 N–H and O–H groups in total. The zero-order chi connectivity index (χ0) is 12.1. The predicted octanol–water partition coefficient (Wildman–Crippen LogP) is 2.83. The van der Waals surface area contributed by atoms with Gasteiger partial charge in [-0.3, -0.25) is 0 Å². The van der Waals surface area contributed by atoms with E-state index < -0.39 is 0 Å². The fourth-order valence-corrected chi connectivity index (χ4v) is 2.15. The van der Waals surface area contributed by atoms with Crippen molar-refractivity contribution >= 4 is 17.4 Å². The summed E-state index contributed by atoms with van der Waals surface area (Å²) in [4.78, 5) is 4.21. The van der Waals surface area contributed by atoms with E-state index in [4.69, 9.17) is 11.0 Å². The lowest BCUT2D eigenvalue weighted by atomic mass is 10.2. The molecule has 0 unspecified atom stereocenters. The minimum Gasteiger partial charge on any atom is -0.397 e. The maximum Gasteiger partial charge on any atom is 0.0991 e. The molecule has 3 nitrogen and oxygen atoms in total. The summed E-state index contributed by atoms with van der Waals surface area (Å²) in [6, 6.07) is 13.5. The standard InChI is InChI=1S/C13H11N3S/c14-7-10-2-1-3-11(6-10)9-17-13-5-4-12(15)8-16-13/h1-6,8H,9,15H2. The van der Waals surface area contributed by atoms with Crippen molar-refractivity contribution in [3.05, 3.63) is 53.7 Å². The molecule has 0 bridgehead atoms. The molecule has 0 aliphatic rings. The molecule has 0 aliphatic heterocycles. The summed E-state index contributed by atoms with van der Waals surface area (Å²) >= 11 is 1.63. The molecular weight excluding hydrogens is 230 g/mol. The van der Waals surface area contributed by atoms with E-state index in [2.05, 4.69) is 11.1 Å². The highest BCUT2D eigenvalue weighted by Gasteiger charge is 1.99. The SMILES string of the molecule is N#Cc1cccc(CSc2ccc(N)cn2)c1. The Morgan fingerprint density at radius 2 is 2.18 bits per heavy atom. The average Bonchev–Trinajstić information content (AvgIpc) is 2.38. The third-order valence-electron chi connectivity index (χ3n) is 2.20. The van der Waals surface area contributed by atoms with Gasteiger partial charge >= 0.3 is 0 Å². The van der Waals surface area contributed by atoms with Crippen LogP contribution in [0.5, 0.6) is 0 Å². The number of nitrogen functional groups attached to an aromatic ring is 1. The van der Waals surface area contributed by atoms with Gasteiger partial charge in [-0.15, -0.1) is 11.8 Å². The number of nitrogens with zero attached hydrogens (tertiary/aromatic N) is 2. The highest BCUT2D eigenvalue weighted by molar-refractivity contribution is 7.98. The van der Waals surface area contributed by atoms with Gasteiger partial charge in [-0.05, 0) is 29.8 Å². The summed E-state index contributed by atoms with van der Waals surface area (Å²) in [5.41, 5.74) is 8.04. The summed E-state index contributed by atoms with van der Waals surface area (Å²) in [6.07, 6.45) is 1.65. The maximum absolute atomic E-state index is 8.79. The van der Waals surface area contributed by atoms with Crippen LogP contribution in [0.1, 0.15) is 11.1 Å². The number of nitrogens with two attached hydrogens (primary N) is 1. The Kier molecular flexibility index (Phi) is 3.63. The van der Waals surface area contributed by atoms with Crippen molar-refractivity contribution in [2.24, 2.45) is 0 Å². The fraction of sp³-hybridized carbons (Fsp3) is 0.0769. The molecule has 0 radical (unpaired) electrons. The highest BCUT2D eigenvalue weighted by Crippen LogP contribution is 2.21. The first kappa shape index (κ1) is 11.5. The van der Waals surface area contributed by atoms with Crippen LogP contribution in [-0.4, -0.2) is 4.98 Å². The molecule has 0 aliphatic carbocycles. The Labute approximate surface area is 104 Å². The van der Waals surface area contributed by atoms with Gasteiger partial charge in [-0.1, -0.05) is 12.1 Å². The quantitative estimate of drug-likeness (QED) is 0.839. The van der Waals surface area contributed by atoms with Crippen LogP contribution in [0.25, 0.3) is 0 Å². The zero-order valence-electron chi connectivity index (χ0n) is 9.13. The van der Waals surface area contributed by atoms with Crippen molar-refractivity contribution in [2.45, 2.75) is 10.8 Å². The summed E-state index contributed by atoms with van der Waals surface area (Å²) in [5.74, 6) is 0.798. The molecule has 2 rings (SSSR count). The van der Waals surface area contributed by atoms with Crippen LogP contribution in [-0.2, 0) is 5.75 Å². The van der Waals surface area contributed by atoms with E-state index in [0.717, 1.165) is 16.3 Å². The minimum absolute atomic E-state index is 0.667. The number of aromatic nitrogens is 1. The molecular formula is C13H11N3S. The van der Waals surface area contributed by atoms with Gasteiger partial charge in [0.05, 0.1) is 28.5 Å². The lowest BCUT2D eigenvalue weighted by Gasteiger charge is -2.02. The second kappa shape index (κ2) is 5.37. The van der Waals surface area contributed by atoms with Gasteiger partial charge in [-0.2, -0.15) is 5.26 Å². The number of pyridine rings is 1. The normalized spacial score (nSPS) is 9.82. The molecule has 1 aromatic carbocycles. The zero-order valence-corrected chi connectivity index (χ0v) is 9.95. The summed E-state index contributed by atoms with van der Waals surface area (Å²) in [5, 5.41) is 9.73. The lowest BCUT2D eigenvalue weighted by molar-refractivity contribution is 1.13. The molecule has 17 heavy (non-hydrogen) atoms. The second-order valence-electron chi connectivity index (χ2n) is 3.53. The third kappa shape index (κ3) is 3.23. The number of rotatable bonds is 3. The van der Waals surface area contributed by atoms with Crippen molar-refractivity contribution in [1.82, 2.24) is 4.98 Å². The van der Waals surface area contributed by atoms with Crippen LogP contribution >= 0.6 is 11.8 Å². The average molecular weight is 241 g/mol. The van der Waals surface area contributed by atoms with E-state index in [1.54, 1.807) is 24.0 Å². The number of hydrogen-bond acceptors (Lipinski definition) is 4. The molecule has 0 atom stereocenters. The number of benzene rings is 1. The molecule has 0 fully saturated rings. The molecule has 0 amide bonds. The second-order valence-corrected chi connectivity index (χ2v) is 4.53. The van der Waals surface area contributed by atoms with Crippen LogP contribution in [0.2, 0.25) is 0 Å². The number of nitriles is 1.